The molecule has 2 aliphatic heterocycles. The number of nitrogens with one attached hydrogen (secondary N) is 9. The van der Waals surface area contributed by atoms with Gasteiger partial charge in [-0.2, -0.15) is 0 Å². The molecule has 2 aliphatic carbocycles. The SMILES string of the molecule is CC[C@@]1(O)C(=O)OCc2c1cc1n(c2=O)Cc2c-1nc1cc(F)c(C)c3c1c2[C@@H](NC(=O)COCNC(=O)CNC(=O)OCc1ccc(NC(=O)[C@H](CCCNC(N)=O)NC(=O)[C@@H](NC(=O)C(CCC(=O)O)(NC(=O)CCOCCOCCOCCOCCNC(=O)COC2C#CCCCCC2)[Si]C)C(C)C)cc1)CC3. The highest BCUT2D eigenvalue weighted by atomic mass is 28.2. The fraction of sp³-hybridized carbons (Fsp3) is 0.560. The molecule has 0 bridgehead atoms. The monoisotopic (exact) mass is 1570 g/mol. The van der Waals surface area contributed by atoms with Gasteiger partial charge in [-0.05, 0) is 111 Å². The lowest BCUT2D eigenvalue weighted by Crippen LogP contribution is -2.66. The Morgan fingerprint density at radius 2 is 1.53 bits per heavy atom. The zero-order valence-corrected chi connectivity index (χ0v) is 64.0. The number of fused-ring (bicyclic) bond motifs is 5. The molecule has 2 unspecified atom stereocenters. The summed E-state index contributed by atoms with van der Waals surface area (Å²) in [6, 6.07) is 4.87. The zero-order valence-electron chi connectivity index (χ0n) is 63.0. The maximum atomic E-state index is 15.4. The maximum absolute atomic E-state index is 15.4. The predicted molar refractivity (Wildman–Crippen MR) is 397 cm³/mol. The number of aliphatic carboxylic acids is 1. The van der Waals surface area contributed by atoms with Crippen LogP contribution >= 0.6 is 0 Å². The molecular formula is C75H99FN12O22Si. The summed E-state index contributed by atoms with van der Waals surface area (Å²) >= 11 is 0. The Hall–Kier alpha value is -10.0. The largest absolute Gasteiger partial charge is 0.481 e. The number of carbonyl (C=O) groups excluding carboxylic acids is 10. The van der Waals surface area contributed by atoms with Gasteiger partial charge in [0.25, 0.3) is 5.56 Å². The van der Waals surface area contributed by atoms with Crippen LogP contribution in [-0.4, -0.2) is 210 Å². The minimum Gasteiger partial charge on any atom is -0.481 e. The molecule has 602 valence electrons. The number of urea groups is 1. The van der Waals surface area contributed by atoms with Crippen molar-refractivity contribution >= 4 is 91.5 Å². The van der Waals surface area contributed by atoms with E-state index in [1.54, 1.807) is 40.3 Å². The number of hydrogen-bond acceptors (Lipinski definition) is 22. The molecule has 8 rings (SSSR count). The summed E-state index contributed by atoms with van der Waals surface area (Å²) in [5.41, 5.74) is 6.97. The van der Waals surface area contributed by atoms with Crippen molar-refractivity contribution in [3.63, 3.8) is 0 Å². The standard InChI is InChI=1S/C75H99FN12O22Si/c1-6-74(102)52-35-57-66-50(38-88(57)69(97)51(52)40-109-71(74)99)64-54(21-20-49-45(4)53(76)36-56(84-66)63(49)64)83-61(92)41-107-43-81-59(90)37-80-73(101)110-39-46-16-18-47(19-17-46)82-67(95)55(15-12-25-79-72(77)100)85-68(96)65(44(2)3)86-70(98)75(111-5,24-22-62(93)94)87-58(89)23-27-103-29-31-105-33-34-106-32-30-104-28-26-78-60(91)42-108-48-13-10-8-7-9-11-14-48/h16-19,35-36,44,48,54-55,65,102H,6-10,12-13,15,20-34,37-43H2,1-5H3,(H,78,91)(H,80,101)(H,81,90)(H,82,95)(H,83,92)(H,85,96)(H,86,98)(H,87,89)(H,93,94)(H3,77,79,100)/t48?,54-,55-,65-,74-,75?/m0/s1. The number of amides is 10. The number of benzene rings is 2. The molecular weight excluding hydrogens is 1470 g/mol. The van der Waals surface area contributed by atoms with Crippen LogP contribution in [0.25, 0.3) is 22.3 Å². The zero-order chi connectivity index (χ0) is 80.2. The van der Waals surface area contributed by atoms with E-state index in [4.69, 9.17) is 48.6 Å². The second-order valence-electron chi connectivity index (χ2n) is 27.2. The first-order chi connectivity index (χ1) is 53.3. The number of nitrogens with zero attached hydrogens (tertiary/aromatic N) is 2. The van der Waals surface area contributed by atoms with Crippen molar-refractivity contribution < 1.29 is 105 Å². The van der Waals surface area contributed by atoms with Crippen molar-refractivity contribution in [3.05, 3.63) is 91.5 Å². The van der Waals surface area contributed by atoms with Crippen molar-refractivity contribution in [3.8, 4) is 23.2 Å². The molecule has 34 nitrogen and oxygen atoms in total. The molecule has 0 spiro atoms. The second-order valence-corrected chi connectivity index (χ2v) is 28.6. The number of aliphatic hydroxyl groups is 1. The second kappa shape index (κ2) is 42.4. The highest BCUT2D eigenvalue weighted by Crippen LogP contribution is 2.46. The third-order valence-electron chi connectivity index (χ3n) is 19.1. The lowest BCUT2D eigenvalue weighted by atomic mass is 9.81. The topological polar surface area (TPSA) is 471 Å². The van der Waals surface area contributed by atoms with E-state index in [9.17, 15) is 67.7 Å². The molecule has 2 aromatic heterocycles. The molecule has 0 fully saturated rings. The Morgan fingerprint density at radius 3 is 2.23 bits per heavy atom. The third-order valence-corrected chi connectivity index (χ3v) is 20.6. The van der Waals surface area contributed by atoms with Crippen LogP contribution in [0.4, 0.5) is 19.7 Å². The maximum Gasteiger partial charge on any atom is 0.407 e. The van der Waals surface area contributed by atoms with Gasteiger partial charge in [0.1, 0.15) is 68.9 Å². The number of halogens is 1. The van der Waals surface area contributed by atoms with E-state index in [0.29, 0.717) is 89.3 Å². The Bertz CT molecular complexity index is 4160. The van der Waals surface area contributed by atoms with Gasteiger partial charge in [0, 0.05) is 60.6 Å². The minimum absolute atomic E-state index is 0.0320. The highest BCUT2D eigenvalue weighted by Gasteiger charge is 2.47. The minimum atomic E-state index is -2.07. The average molecular weight is 1570 g/mol. The number of anilines is 1. The third kappa shape index (κ3) is 24.5. The van der Waals surface area contributed by atoms with E-state index < -0.39 is 132 Å². The molecule has 6 atom stereocenters. The van der Waals surface area contributed by atoms with Crippen LogP contribution < -0.4 is 59.1 Å². The number of esters is 1. The van der Waals surface area contributed by atoms with Gasteiger partial charge >= 0.3 is 24.1 Å². The molecule has 0 saturated carbocycles. The van der Waals surface area contributed by atoms with Gasteiger partial charge in [0.05, 0.1) is 97.4 Å². The smallest absolute Gasteiger partial charge is 0.407 e. The van der Waals surface area contributed by atoms with E-state index in [1.807, 2.05) is 0 Å². The number of carboxylic acids is 1. The number of carbonyl (C=O) groups is 11. The van der Waals surface area contributed by atoms with E-state index in [-0.39, 0.29) is 136 Å². The number of ether oxygens (including phenoxy) is 8. The van der Waals surface area contributed by atoms with E-state index in [0.717, 1.165) is 32.1 Å². The van der Waals surface area contributed by atoms with Gasteiger partial charge < -0.3 is 106 Å². The predicted octanol–water partition coefficient (Wildman–Crippen LogP) is 2.01. The summed E-state index contributed by atoms with van der Waals surface area (Å²) in [7, 11) is -0.386. The molecule has 13 N–H and O–H groups in total. The summed E-state index contributed by atoms with van der Waals surface area (Å²) < 4.78 is 60.7. The van der Waals surface area contributed by atoms with Crippen molar-refractivity contribution in [2.24, 2.45) is 11.7 Å². The number of rotatable bonds is 44. The van der Waals surface area contributed by atoms with E-state index in [2.05, 4.69) is 59.7 Å². The van der Waals surface area contributed by atoms with Gasteiger partial charge in [-0.25, -0.2) is 23.8 Å². The van der Waals surface area contributed by atoms with Crippen molar-refractivity contribution in [1.29, 1.82) is 0 Å². The summed E-state index contributed by atoms with van der Waals surface area (Å²) in [5, 5.41) is 43.7. The van der Waals surface area contributed by atoms with Gasteiger partial charge in [-0.1, -0.05) is 51.8 Å². The number of cyclic esters (lactones) is 1. The average Bonchev–Trinajstić information content (AvgIpc) is 1.61. The van der Waals surface area contributed by atoms with Crippen molar-refractivity contribution in [2.45, 2.75) is 172 Å². The molecule has 36 heteroatoms. The number of nitrogens with two attached hydrogens (primary N) is 1. The van der Waals surface area contributed by atoms with Crippen LogP contribution in [0.15, 0.2) is 41.2 Å². The number of alkyl carbamates (subject to hydrolysis) is 1. The molecule has 4 heterocycles. The molecule has 111 heavy (non-hydrogen) atoms. The van der Waals surface area contributed by atoms with E-state index in [1.165, 1.54) is 34.9 Å². The number of primary amides is 1. The Kier molecular flexibility index (Phi) is 33.1. The van der Waals surface area contributed by atoms with Crippen LogP contribution in [-0.2, 0) is 113 Å². The first kappa shape index (κ1) is 86.6. The van der Waals surface area contributed by atoms with Gasteiger partial charge in [0.15, 0.2) is 5.60 Å². The normalized spacial score (nSPS) is 17.1. The van der Waals surface area contributed by atoms with Gasteiger partial charge in [0.2, 0.25) is 41.4 Å². The Labute approximate surface area is 642 Å². The Morgan fingerprint density at radius 1 is 0.811 bits per heavy atom. The van der Waals surface area contributed by atoms with Crippen LogP contribution in [0.2, 0.25) is 6.55 Å². The first-order valence-corrected chi connectivity index (χ1v) is 38.6. The number of aromatic nitrogens is 2. The number of pyridine rings is 2. The number of hydrogen-bond donors (Lipinski definition) is 12. The molecule has 4 aliphatic rings. The quantitative estimate of drug-likeness (QED) is 0.00872. The summed E-state index contributed by atoms with van der Waals surface area (Å²) in [4.78, 5) is 162. The fourth-order valence-corrected chi connectivity index (χ4v) is 14.0. The van der Waals surface area contributed by atoms with Crippen molar-refractivity contribution in [1.82, 2.24) is 52.1 Å². The lowest BCUT2D eigenvalue weighted by molar-refractivity contribution is -0.172. The molecule has 2 radical (unpaired) electrons. The number of aryl methyl sites for hydroxylation is 1. The van der Waals surface area contributed by atoms with Gasteiger partial charge in [-0.3, -0.25) is 43.2 Å². The highest BCUT2D eigenvalue weighted by molar-refractivity contribution is 6.46. The van der Waals surface area contributed by atoms with Crippen molar-refractivity contribution in [2.75, 3.05) is 97.8 Å². The molecule has 0 saturated heterocycles. The fourth-order valence-electron chi connectivity index (χ4n) is 13.0. The first-order valence-electron chi connectivity index (χ1n) is 37.1. The van der Waals surface area contributed by atoms with Gasteiger partial charge in [-0.15, -0.1) is 5.92 Å². The number of carboxylic acid groups (broad SMARTS) is 1. The summed E-state index contributed by atoms with van der Waals surface area (Å²) in [6.07, 6.45) is 3.44. The molecule has 4 aromatic rings. The van der Waals surface area contributed by atoms with Crippen LogP contribution in [0.3, 0.4) is 0 Å². The summed E-state index contributed by atoms with van der Waals surface area (Å²) in [5.74, 6) is -1.49. The molecule has 2 aromatic carbocycles. The van der Waals surface area contributed by atoms with Crippen LogP contribution in [0, 0.1) is 30.5 Å². The lowest BCUT2D eigenvalue weighted by Gasteiger charge is -2.34. The van der Waals surface area contributed by atoms with Crippen LogP contribution in [0.5, 0.6) is 0 Å². The van der Waals surface area contributed by atoms with E-state index >= 15 is 4.39 Å². The molecule has 10 amide bonds. The Balaban J connectivity index is 0.734. The summed E-state index contributed by atoms with van der Waals surface area (Å²) in [6.45, 7) is 8.05. The van der Waals surface area contributed by atoms with Crippen LogP contribution in [0.1, 0.15) is 143 Å².